The van der Waals surface area contributed by atoms with E-state index in [9.17, 15) is 0 Å². The van der Waals surface area contributed by atoms with Crippen LogP contribution in [0.3, 0.4) is 0 Å². The van der Waals surface area contributed by atoms with Gasteiger partial charge in [0.1, 0.15) is 5.82 Å². The molecule has 0 saturated carbocycles. The lowest BCUT2D eigenvalue weighted by Gasteiger charge is -2.23. The molecule has 1 aliphatic heterocycles. The van der Waals surface area contributed by atoms with Crippen molar-refractivity contribution in [2.24, 2.45) is 0 Å². The van der Waals surface area contributed by atoms with E-state index in [0.717, 1.165) is 30.3 Å². The molecule has 0 aliphatic carbocycles. The smallest absolute Gasteiger partial charge is 0.126 e. The molecule has 1 fully saturated rings. The maximum absolute atomic E-state index is 4.50. The molecule has 3 rings (SSSR count). The average molecular weight is 282 g/mol. The van der Waals surface area contributed by atoms with Crippen molar-refractivity contribution in [3.8, 4) is 0 Å². The van der Waals surface area contributed by atoms with Gasteiger partial charge in [-0.1, -0.05) is 6.07 Å². The Morgan fingerprint density at radius 1 is 1.33 bits per heavy atom. The van der Waals surface area contributed by atoms with Crippen molar-refractivity contribution in [1.82, 2.24) is 15.3 Å². The van der Waals surface area contributed by atoms with Crippen LogP contribution in [0.2, 0.25) is 0 Å². The Balaban J connectivity index is 1.65. The highest BCUT2D eigenvalue weighted by molar-refractivity contribution is 5.39. The van der Waals surface area contributed by atoms with Crippen molar-refractivity contribution in [1.29, 1.82) is 0 Å². The molecule has 0 bridgehead atoms. The minimum absolute atomic E-state index is 0.611. The van der Waals surface area contributed by atoms with Gasteiger partial charge in [-0.25, -0.2) is 4.98 Å². The SMILES string of the molecule is Cc1cccc(CNc2cc([C@@H]3CCCNC3)ccn2)n1. The molecular formula is C17H22N4. The number of hydrogen-bond donors (Lipinski definition) is 2. The number of aryl methyl sites for hydroxylation is 1. The van der Waals surface area contributed by atoms with Crippen LogP contribution in [0.1, 0.15) is 35.7 Å². The van der Waals surface area contributed by atoms with E-state index in [2.05, 4.69) is 32.7 Å². The number of nitrogens with zero attached hydrogens (tertiary/aromatic N) is 2. The molecule has 1 atom stereocenters. The molecule has 4 heteroatoms. The fourth-order valence-electron chi connectivity index (χ4n) is 2.81. The summed E-state index contributed by atoms with van der Waals surface area (Å²) < 4.78 is 0. The van der Waals surface area contributed by atoms with E-state index in [1.165, 1.54) is 18.4 Å². The van der Waals surface area contributed by atoms with Crippen LogP contribution in [-0.4, -0.2) is 23.1 Å². The fourth-order valence-corrected chi connectivity index (χ4v) is 2.81. The van der Waals surface area contributed by atoms with E-state index >= 15 is 0 Å². The number of rotatable bonds is 4. The first-order valence-corrected chi connectivity index (χ1v) is 7.64. The third kappa shape index (κ3) is 3.79. The van der Waals surface area contributed by atoms with Crippen LogP contribution in [0.15, 0.2) is 36.5 Å². The second-order valence-electron chi connectivity index (χ2n) is 5.64. The highest BCUT2D eigenvalue weighted by atomic mass is 15.0. The molecule has 3 heterocycles. The van der Waals surface area contributed by atoms with Crippen LogP contribution in [0.5, 0.6) is 0 Å². The standard InChI is InChI=1S/C17H22N4/c1-13-4-2-6-16(21-13)12-20-17-10-14(7-9-19-17)15-5-3-8-18-11-15/h2,4,6-7,9-10,15,18H,3,5,8,11-12H2,1H3,(H,19,20)/t15-/m1/s1. The Labute approximate surface area is 126 Å². The minimum atomic E-state index is 0.611. The van der Waals surface area contributed by atoms with Gasteiger partial charge < -0.3 is 10.6 Å². The van der Waals surface area contributed by atoms with Gasteiger partial charge in [0, 0.05) is 18.4 Å². The Morgan fingerprint density at radius 2 is 2.29 bits per heavy atom. The highest BCUT2D eigenvalue weighted by Crippen LogP contribution is 2.24. The maximum atomic E-state index is 4.50. The van der Waals surface area contributed by atoms with E-state index in [1.807, 2.05) is 31.3 Å². The summed E-state index contributed by atoms with van der Waals surface area (Å²) in [6.07, 6.45) is 4.41. The lowest BCUT2D eigenvalue weighted by atomic mass is 9.92. The van der Waals surface area contributed by atoms with Crippen molar-refractivity contribution in [3.05, 3.63) is 53.5 Å². The molecule has 1 saturated heterocycles. The maximum Gasteiger partial charge on any atom is 0.126 e. The Hall–Kier alpha value is -1.94. The van der Waals surface area contributed by atoms with Crippen LogP contribution in [-0.2, 0) is 6.54 Å². The summed E-state index contributed by atoms with van der Waals surface area (Å²) in [5.74, 6) is 1.54. The predicted octanol–water partition coefficient (Wildman–Crippen LogP) is 2.86. The summed E-state index contributed by atoms with van der Waals surface area (Å²) in [7, 11) is 0. The molecule has 2 aromatic rings. The second-order valence-corrected chi connectivity index (χ2v) is 5.64. The van der Waals surface area contributed by atoms with E-state index < -0.39 is 0 Å². The third-order valence-electron chi connectivity index (χ3n) is 3.95. The van der Waals surface area contributed by atoms with Gasteiger partial charge in [0.15, 0.2) is 0 Å². The molecule has 0 amide bonds. The molecule has 1 aliphatic rings. The summed E-state index contributed by atoms with van der Waals surface area (Å²) in [6.45, 7) is 4.94. The summed E-state index contributed by atoms with van der Waals surface area (Å²) >= 11 is 0. The minimum Gasteiger partial charge on any atom is -0.364 e. The zero-order valence-electron chi connectivity index (χ0n) is 12.5. The van der Waals surface area contributed by atoms with Gasteiger partial charge >= 0.3 is 0 Å². The van der Waals surface area contributed by atoms with Gasteiger partial charge in [0.05, 0.1) is 12.2 Å². The number of nitrogens with one attached hydrogen (secondary N) is 2. The van der Waals surface area contributed by atoms with E-state index in [1.54, 1.807) is 0 Å². The topological polar surface area (TPSA) is 49.8 Å². The van der Waals surface area contributed by atoms with Gasteiger partial charge in [-0.3, -0.25) is 4.98 Å². The van der Waals surface area contributed by atoms with Crippen molar-refractivity contribution in [3.63, 3.8) is 0 Å². The molecule has 0 unspecified atom stereocenters. The fraction of sp³-hybridized carbons (Fsp3) is 0.412. The third-order valence-corrected chi connectivity index (χ3v) is 3.95. The molecule has 21 heavy (non-hydrogen) atoms. The van der Waals surface area contributed by atoms with Crippen LogP contribution in [0.4, 0.5) is 5.82 Å². The lowest BCUT2D eigenvalue weighted by molar-refractivity contribution is 0.461. The normalized spacial score (nSPS) is 18.4. The molecule has 0 radical (unpaired) electrons. The van der Waals surface area contributed by atoms with Crippen molar-refractivity contribution in [2.75, 3.05) is 18.4 Å². The summed E-state index contributed by atoms with van der Waals surface area (Å²) in [5, 5.41) is 6.84. The van der Waals surface area contributed by atoms with Crippen molar-refractivity contribution >= 4 is 5.82 Å². The Bertz CT molecular complexity index is 591. The van der Waals surface area contributed by atoms with Crippen LogP contribution < -0.4 is 10.6 Å². The molecular weight excluding hydrogens is 260 g/mol. The zero-order chi connectivity index (χ0) is 14.5. The number of piperidine rings is 1. The quantitative estimate of drug-likeness (QED) is 0.905. The number of aromatic nitrogens is 2. The molecule has 4 nitrogen and oxygen atoms in total. The van der Waals surface area contributed by atoms with Gasteiger partial charge in [-0.05, 0) is 62.1 Å². The summed E-state index contributed by atoms with van der Waals surface area (Å²) in [5.41, 5.74) is 3.46. The van der Waals surface area contributed by atoms with Crippen LogP contribution >= 0.6 is 0 Å². The van der Waals surface area contributed by atoms with Gasteiger partial charge in [0.2, 0.25) is 0 Å². The first kappa shape index (κ1) is 14.0. The van der Waals surface area contributed by atoms with Crippen LogP contribution in [0.25, 0.3) is 0 Å². The number of pyridine rings is 2. The van der Waals surface area contributed by atoms with Crippen LogP contribution in [0, 0.1) is 6.92 Å². The summed E-state index contributed by atoms with van der Waals surface area (Å²) in [6, 6.07) is 10.4. The Kier molecular flexibility index (Phi) is 4.46. The molecule has 0 aromatic carbocycles. The largest absolute Gasteiger partial charge is 0.364 e. The van der Waals surface area contributed by atoms with Gasteiger partial charge in [-0.15, -0.1) is 0 Å². The summed E-state index contributed by atoms with van der Waals surface area (Å²) in [4.78, 5) is 8.91. The highest BCUT2D eigenvalue weighted by Gasteiger charge is 2.15. The number of anilines is 1. The van der Waals surface area contributed by atoms with Crippen molar-refractivity contribution < 1.29 is 0 Å². The monoisotopic (exact) mass is 282 g/mol. The van der Waals surface area contributed by atoms with E-state index in [0.29, 0.717) is 12.5 Å². The van der Waals surface area contributed by atoms with E-state index in [-0.39, 0.29) is 0 Å². The van der Waals surface area contributed by atoms with Gasteiger partial charge in [0.25, 0.3) is 0 Å². The predicted molar refractivity (Wildman–Crippen MR) is 85.4 cm³/mol. The lowest BCUT2D eigenvalue weighted by Crippen LogP contribution is -2.28. The zero-order valence-corrected chi connectivity index (χ0v) is 12.5. The first-order chi connectivity index (χ1) is 10.3. The van der Waals surface area contributed by atoms with Crippen molar-refractivity contribution in [2.45, 2.75) is 32.2 Å². The number of hydrogen-bond acceptors (Lipinski definition) is 4. The van der Waals surface area contributed by atoms with E-state index in [4.69, 9.17) is 0 Å². The second kappa shape index (κ2) is 6.68. The van der Waals surface area contributed by atoms with Gasteiger partial charge in [-0.2, -0.15) is 0 Å². The Morgan fingerprint density at radius 3 is 3.10 bits per heavy atom. The molecule has 2 aromatic heterocycles. The molecule has 2 N–H and O–H groups in total. The molecule has 110 valence electrons. The average Bonchev–Trinajstić information content (AvgIpc) is 2.54. The first-order valence-electron chi connectivity index (χ1n) is 7.64. The molecule has 0 spiro atoms.